The molecule has 1 aliphatic carbocycles. The van der Waals surface area contributed by atoms with Gasteiger partial charge in [0, 0.05) is 12.7 Å². The molecule has 2 aromatic rings. The van der Waals surface area contributed by atoms with Crippen LogP contribution in [-0.4, -0.2) is 33.3 Å². The van der Waals surface area contributed by atoms with E-state index in [0.717, 1.165) is 0 Å². The summed E-state index contributed by atoms with van der Waals surface area (Å²) in [6, 6.07) is 5.68. The number of rotatable bonds is 5. The molecule has 0 spiro atoms. The molecule has 0 aliphatic heterocycles. The van der Waals surface area contributed by atoms with Gasteiger partial charge in [-0.25, -0.2) is 9.07 Å². The van der Waals surface area contributed by atoms with Gasteiger partial charge in [0.2, 0.25) is 0 Å². The van der Waals surface area contributed by atoms with Crippen LogP contribution in [0.4, 0.5) is 4.39 Å². The summed E-state index contributed by atoms with van der Waals surface area (Å²) in [6.07, 6.45) is 2.72. The minimum atomic E-state index is -0.895. The lowest BCUT2D eigenvalue weighted by Gasteiger charge is -2.10. The molecule has 0 saturated heterocycles. The first-order chi connectivity index (χ1) is 10.9. The molecule has 1 fully saturated rings. The number of hydrogen-bond acceptors (Lipinski definition) is 3. The van der Waals surface area contributed by atoms with Gasteiger partial charge >= 0.3 is 5.97 Å². The summed E-state index contributed by atoms with van der Waals surface area (Å²) in [7, 11) is 0. The van der Waals surface area contributed by atoms with Crippen molar-refractivity contribution in [1.29, 1.82) is 0 Å². The molecule has 3 rings (SSSR count). The van der Waals surface area contributed by atoms with Crippen LogP contribution in [0.3, 0.4) is 0 Å². The van der Waals surface area contributed by atoms with Crippen molar-refractivity contribution in [3.05, 3.63) is 46.4 Å². The van der Waals surface area contributed by atoms with E-state index in [1.165, 1.54) is 16.8 Å². The van der Waals surface area contributed by atoms with Crippen molar-refractivity contribution in [2.24, 2.45) is 5.41 Å². The lowest BCUT2D eigenvalue weighted by Crippen LogP contribution is -2.34. The molecule has 1 saturated carbocycles. The highest BCUT2D eigenvalue weighted by Crippen LogP contribution is 2.45. The van der Waals surface area contributed by atoms with Crippen LogP contribution >= 0.6 is 15.9 Å². The maximum Gasteiger partial charge on any atom is 0.311 e. The fraction of sp³-hybridized carbons (Fsp3) is 0.267. The highest BCUT2D eigenvalue weighted by Gasteiger charge is 2.50. The van der Waals surface area contributed by atoms with Crippen LogP contribution in [0.1, 0.15) is 23.3 Å². The molecule has 0 bridgehead atoms. The quantitative estimate of drug-likeness (QED) is 0.832. The fourth-order valence-electron chi connectivity index (χ4n) is 2.18. The number of amides is 1. The number of carboxylic acid groups (broad SMARTS) is 1. The SMILES string of the molecule is O=C(NCC1(C(=O)O)CC1)c1nn(-c2ccc(F)cc2)cc1Br. The highest BCUT2D eigenvalue weighted by atomic mass is 79.9. The van der Waals surface area contributed by atoms with Crippen molar-refractivity contribution in [1.82, 2.24) is 15.1 Å². The van der Waals surface area contributed by atoms with Gasteiger partial charge in [-0.15, -0.1) is 0 Å². The third kappa shape index (κ3) is 3.12. The fourth-order valence-corrected chi connectivity index (χ4v) is 2.64. The van der Waals surface area contributed by atoms with Crippen LogP contribution in [0, 0.1) is 11.2 Å². The van der Waals surface area contributed by atoms with Crippen LogP contribution in [0.15, 0.2) is 34.9 Å². The molecule has 0 unspecified atom stereocenters. The Bertz CT molecular complexity index is 769. The van der Waals surface area contributed by atoms with Gasteiger partial charge in [-0.3, -0.25) is 9.59 Å². The van der Waals surface area contributed by atoms with Gasteiger partial charge in [0.15, 0.2) is 5.69 Å². The summed E-state index contributed by atoms with van der Waals surface area (Å²) in [5, 5.41) is 15.9. The Hall–Kier alpha value is -2.22. The van der Waals surface area contributed by atoms with E-state index in [0.29, 0.717) is 23.0 Å². The first-order valence-corrected chi connectivity index (χ1v) is 7.73. The Morgan fingerprint density at radius 1 is 1.35 bits per heavy atom. The van der Waals surface area contributed by atoms with Crippen molar-refractivity contribution in [3.63, 3.8) is 0 Å². The number of carboxylic acids is 1. The van der Waals surface area contributed by atoms with Gasteiger partial charge in [-0.2, -0.15) is 5.10 Å². The van der Waals surface area contributed by atoms with E-state index < -0.39 is 17.3 Å². The predicted octanol–water partition coefficient (Wildman–Crippen LogP) is 2.37. The van der Waals surface area contributed by atoms with E-state index in [2.05, 4.69) is 26.3 Å². The van der Waals surface area contributed by atoms with Gasteiger partial charge in [0.05, 0.1) is 15.6 Å². The second-order valence-electron chi connectivity index (χ2n) is 5.51. The number of carbonyl (C=O) groups is 2. The van der Waals surface area contributed by atoms with Crippen molar-refractivity contribution in [2.75, 3.05) is 6.54 Å². The van der Waals surface area contributed by atoms with Crippen LogP contribution in [0.5, 0.6) is 0 Å². The molecule has 1 heterocycles. The van der Waals surface area contributed by atoms with E-state index in [9.17, 15) is 14.0 Å². The number of carbonyl (C=O) groups excluding carboxylic acids is 1. The Kier molecular flexibility index (Phi) is 3.93. The first-order valence-electron chi connectivity index (χ1n) is 6.94. The summed E-state index contributed by atoms with van der Waals surface area (Å²) in [6.45, 7) is 0.0804. The van der Waals surface area contributed by atoms with Crippen LogP contribution in [-0.2, 0) is 4.79 Å². The summed E-state index contributed by atoms with van der Waals surface area (Å²) >= 11 is 3.26. The molecule has 0 radical (unpaired) electrons. The topological polar surface area (TPSA) is 84.2 Å². The van der Waals surface area contributed by atoms with Gasteiger partial charge in [0.1, 0.15) is 5.82 Å². The average molecular weight is 382 g/mol. The minimum Gasteiger partial charge on any atom is -0.481 e. The van der Waals surface area contributed by atoms with E-state index in [-0.39, 0.29) is 18.1 Å². The minimum absolute atomic E-state index is 0.0804. The van der Waals surface area contributed by atoms with Crippen LogP contribution < -0.4 is 5.32 Å². The molecule has 6 nitrogen and oxygen atoms in total. The second-order valence-corrected chi connectivity index (χ2v) is 6.37. The zero-order valence-corrected chi connectivity index (χ0v) is 13.5. The molecule has 2 N–H and O–H groups in total. The first kappa shape index (κ1) is 15.7. The van der Waals surface area contributed by atoms with Gasteiger partial charge in [-0.1, -0.05) is 0 Å². The molecule has 23 heavy (non-hydrogen) atoms. The number of nitrogens with zero attached hydrogens (tertiary/aromatic N) is 2. The van der Waals surface area contributed by atoms with E-state index in [1.54, 1.807) is 18.3 Å². The Morgan fingerprint density at radius 3 is 2.57 bits per heavy atom. The van der Waals surface area contributed by atoms with E-state index in [4.69, 9.17) is 5.11 Å². The van der Waals surface area contributed by atoms with Crippen LogP contribution in [0.25, 0.3) is 5.69 Å². The zero-order chi connectivity index (χ0) is 16.6. The standard InChI is InChI=1S/C15H13BrFN3O3/c16-11-7-20(10-3-1-9(17)2-4-10)19-12(11)13(21)18-8-15(5-6-15)14(22)23/h1-4,7H,5-6,8H2,(H,18,21)(H,22,23). The maximum atomic E-state index is 12.9. The highest BCUT2D eigenvalue weighted by molar-refractivity contribution is 9.10. The van der Waals surface area contributed by atoms with Crippen molar-refractivity contribution in [2.45, 2.75) is 12.8 Å². The second kappa shape index (κ2) is 5.77. The number of hydrogen-bond donors (Lipinski definition) is 2. The third-order valence-corrected chi connectivity index (χ3v) is 4.45. The normalized spacial score (nSPS) is 15.2. The Balaban J connectivity index is 1.74. The molecule has 1 aliphatic rings. The van der Waals surface area contributed by atoms with Crippen molar-refractivity contribution in [3.8, 4) is 5.69 Å². The van der Waals surface area contributed by atoms with E-state index >= 15 is 0 Å². The molecule has 1 aromatic heterocycles. The number of halogens is 2. The summed E-state index contributed by atoms with van der Waals surface area (Å²) in [4.78, 5) is 23.3. The maximum absolute atomic E-state index is 12.9. The monoisotopic (exact) mass is 381 g/mol. The molecule has 1 amide bonds. The third-order valence-electron chi connectivity index (χ3n) is 3.87. The molecule has 0 atom stereocenters. The number of aromatic nitrogens is 2. The van der Waals surface area contributed by atoms with Gasteiger partial charge in [0.25, 0.3) is 5.91 Å². The largest absolute Gasteiger partial charge is 0.481 e. The summed E-state index contributed by atoms with van der Waals surface area (Å²) in [5.41, 5.74) is -0.0763. The smallest absolute Gasteiger partial charge is 0.311 e. The summed E-state index contributed by atoms with van der Waals surface area (Å²) < 4.78 is 14.9. The molecular formula is C15H13BrFN3O3. The number of nitrogens with one attached hydrogen (secondary N) is 1. The molecule has 120 valence electrons. The Morgan fingerprint density at radius 2 is 2.00 bits per heavy atom. The molecule has 8 heteroatoms. The molecule has 1 aromatic carbocycles. The van der Waals surface area contributed by atoms with Gasteiger partial charge < -0.3 is 10.4 Å². The Labute approximate surface area is 139 Å². The lowest BCUT2D eigenvalue weighted by molar-refractivity contribution is -0.143. The van der Waals surface area contributed by atoms with E-state index in [1.807, 2.05) is 0 Å². The molecular weight excluding hydrogens is 369 g/mol. The number of aliphatic carboxylic acids is 1. The van der Waals surface area contributed by atoms with Crippen molar-refractivity contribution >= 4 is 27.8 Å². The summed E-state index contributed by atoms with van der Waals surface area (Å²) in [5.74, 6) is -1.71. The van der Waals surface area contributed by atoms with Crippen LogP contribution in [0.2, 0.25) is 0 Å². The lowest BCUT2D eigenvalue weighted by atomic mass is 10.1. The van der Waals surface area contributed by atoms with Gasteiger partial charge in [-0.05, 0) is 53.0 Å². The van der Waals surface area contributed by atoms with Crippen molar-refractivity contribution < 1.29 is 19.1 Å². The predicted molar refractivity (Wildman–Crippen MR) is 82.9 cm³/mol. The number of benzene rings is 1. The zero-order valence-electron chi connectivity index (χ0n) is 11.9. The average Bonchev–Trinajstić information content (AvgIpc) is 3.22.